The van der Waals surface area contributed by atoms with Crippen molar-refractivity contribution < 1.29 is 0 Å². The summed E-state index contributed by atoms with van der Waals surface area (Å²) in [4.78, 5) is 0. The van der Waals surface area contributed by atoms with E-state index in [1.165, 1.54) is 10.8 Å². The van der Waals surface area contributed by atoms with Crippen molar-refractivity contribution in [1.29, 1.82) is 15.8 Å². The van der Waals surface area contributed by atoms with Gasteiger partial charge in [0.2, 0.25) is 0 Å². The van der Waals surface area contributed by atoms with Gasteiger partial charge in [0.05, 0.1) is 56.6 Å². The maximum atomic E-state index is 10.5. The molecule has 7 aromatic carbocycles. The van der Waals surface area contributed by atoms with Gasteiger partial charge in [-0.25, -0.2) is 0 Å². The second-order valence-corrected chi connectivity index (χ2v) is 12.3. The molecule has 5 heteroatoms. The molecule has 9 rings (SSSR count). The lowest BCUT2D eigenvalue weighted by atomic mass is 9.94. The third kappa shape index (κ3) is 4.31. The first-order chi connectivity index (χ1) is 24.7. The first-order valence-corrected chi connectivity index (χ1v) is 16.3. The molecule has 0 amide bonds. The number of hydrogen-bond donors (Lipinski definition) is 0. The highest BCUT2D eigenvalue weighted by molar-refractivity contribution is 6.11. The van der Waals surface area contributed by atoms with Crippen LogP contribution in [0.15, 0.2) is 152 Å². The molecular formula is C45H25N5. The maximum Gasteiger partial charge on any atom is 0.101 e. The van der Waals surface area contributed by atoms with Crippen molar-refractivity contribution in [3.05, 3.63) is 168 Å². The van der Waals surface area contributed by atoms with Crippen molar-refractivity contribution in [1.82, 2.24) is 9.13 Å². The van der Waals surface area contributed by atoms with E-state index in [4.69, 9.17) is 0 Å². The summed E-state index contributed by atoms with van der Waals surface area (Å²) in [5, 5.41) is 34.8. The molecule has 0 N–H and O–H groups in total. The molecule has 2 heterocycles. The molecule has 5 nitrogen and oxygen atoms in total. The maximum absolute atomic E-state index is 10.5. The van der Waals surface area contributed by atoms with E-state index in [2.05, 4.69) is 81.9 Å². The Balaban J connectivity index is 1.22. The average molecular weight is 636 g/mol. The van der Waals surface area contributed by atoms with E-state index >= 15 is 0 Å². The van der Waals surface area contributed by atoms with Crippen molar-refractivity contribution >= 4 is 43.6 Å². The first kappa shape index (κ1) is 28.8. The van der Waals surface area contributed by atoms with Gasteiger partial charge >= 0.3 is 0 Å². The van der Waals surface area contributed by atoms with Gasteiger partial charge in [-0.3, -0.25) is 0 Å². The molecule has 0 radical (unpaired) electrons. The minimum atomic E-state index is 0.535. The Labute approximate surface area is 287 Å². The smallest absolute Gasteiger partial charge is 0.101 e. The molecule has 2 aromatic heterocycles. The number of fused-ring (bicyclic) bond motifs is 6. The summed E-state index contributed by atoms with van der Waals surface area (Å²) in [7, 11) is 0. The fourth-order valence-corrected chi connectivity index (χ4v) is 7.46. The van der Waals surface area contributed by atoms with E-state index in [1.807, 2.05) is 97.1 Å². The SMILES string of the molecule is N#Cc1ccc2c(c1)c1ccccc1n2-c1c(C#N)cccc1-c1cccc(-c2ccc(-n3c4ccccc4c4ccccc43)cc2C#N)c1. The van der Waals surface area contributed by atoms with Gasteiger partial charge in [0.25, 0.3) is 0 Å². The highest BCUT2D eigenvalue weighted by Gasteiger charge is 2.20. The first-order valence-electron chi connectivity index (χ1n) is 16.3. The minimum Gasteiger partial charge on any atom is -0.309 e. The van der Waals surface area contributed by atoms with Gasteiger partial charge in [-0.1, -0.05) is 91.0 Å². The minimum absolute atomic E-state index is 0.535. The number of hydrogen-bond acceptors (Lipinski definition) is 3. The van der Waals surface area contributed by atoms with Gasteiger partial charge in [-0.15, -0.1) is 0 Å². The third-order valence-corrected chi connectivity index (χ3v) is 9.63. The van der Waals surface area contributed by atoms with Crippen LogP contribution in [0.5, 0.6) is 0 Å². The van der Waals surface area contributed by atoms with Crippen LogP contribution in [0.4, 0.5) is 0 Å². The van der Waals surface area contributed by atoms with E-state index in [0.29, 0.717) is 16.7 Å². The zero-order valence-electron chi connectivity index (χ0n) is 26.7. The van der Waals surface area contributed by atoms with Crippen molar-refractivity contribution in [2.24, 2.45) is 0 Å². The van der Waals surface area contributed by atoms with Crippen LogP contribution in [0, 0.1) is 34.0 Å². The number of rotatable bonds is 4. The molecule has 0 saturated carbocycles. The van der Waals surface area contributed by atoms with Gasteiger partial charge in [-0.05, 0) is 77.4 Å². The van der Waals surface area contributed by atoms with E-state index < -0.39 is 0 Å². The quantitative estimate of drug-likeness (QED) is 0.193. The summed E-state index contributed by atoms with van der Waals surface area (Å²) in [6.07, 6.45) is 0. The van der Waals surface area contributed by atoms with Gasteiger partial charge in [-0.2, -0.15) is 15.8 Å². The Morgan fingerprint density at radius 3 is 1.62 bits per heavy atom. The Hall–Kier alpha value is -7.39. The number of nitrogens with zero attached hydrogens (tertiary/aromatic N) is 5. The van der Waals surface area contributed by atoms with Gasteiger partial charge < -0.3 is 9.13 Å². The lowest BCUT2D eigenvalue weighted by molar-refractivity contribution is 1.17. The highest BCUT2D eigenvalue weighted by atomic mass is 15.0. The number of benzene rings is 7. The molecular weight excluding hydrogens is 611 g/mol. The second-order valence-electron chi connectivity index (χ2n) is 12.3. The van der Waals surface area contributed by atoms with Crippen molar-refractivity contribution in [3.8, 4) is 51.8 Å². The van der Waals surface area contributed by atoms with Crippen molar-refractivity contribution in [3.63, 3.8) is 0 Å². The summed E-state index contributed by atoms with van der Waals surface area (Å²) < 4.78 is 4.35. The zero-order valence-corrected chi connectivity index (χ0v) is 26.7. The molecule has 0 unspecified atom stereocenters. The summed E-state index contributed by atoms with van der Waals surface area (Å²) >= 11 is 0. The molecule has 0 saturated heterocycles. The van der Waals surface area contributed by atoms with Gasteiger partial charge in [0, 0.05) is 32.8 Å². The van der Waals surface area contributed by atoms with E-state index in [0.717, 1.165) is 66.5 Å². The van der Waals surface area contributed by atoms with Crippen LogP contribution in [-0.2, 0) is 0 Å². The predicted octanol–water partition coefficient (Wildman–Crippen LogP) is 10.8. The van der Waals surface area contributed by atoms with Crippen LogP contribution in [0.1, 0.15) is 16.7 Å². The monoisotopic (exact) mass is 635 g/mol. The molecule has 0 bridgehead atoms. The fourth-order valence-electron chi connectivity index (χ4n) is 7.46. The van der Waals surface area contributed by atoms with Gasteiger partial charge in [0.1, 0.15) is 6.07 Å². The van der Waals surface area contributed by atoms with E-state index in [9.17, 15) is 15.8 Å². The molecule has 0 spiro atoms. The lowest BCUT2D eigenvalue weighted by Gasteiger charge is -2.17. The Morgan fingerprint density at radius 1 is 0.380 bits per heavy atom. The van der Waals surface area contributed by atoms with Crippen LogP contribution in [0.2, 0.25) is 0 Å². The summed E-state index contributed by atoms with van der Waals surface area (Å²) in [5.41, 5.74) is 11.0. The standard InChI is InChI=1S/C45H25N5/c46-26-29-19-22-44-40(23-29)39-14-3-6-18-43(39)50(44)45-32(27-47)11-8-15-36(45)31-10-7-9-30(24-31)35-21-20-34(25-33(35)28-48)49-41-16-4-1-12-37(41)38-13-2-5-17-42(38)49/h1-25H. The average Bonchev–Trinajstić information content (AvgIpc) is 3.69. The normalized spacial score (nSPS) is 11.1. The molecule has 50 heavy (non-hydrogen) atoms. The van der Waals surface area contributed by atoms with Gasteiger partial charge in [0.15, 0.2) is 0 Å². The summed E-state index contributed by atoms with van der Waals surface area (Å²) in [6.45, 7) is 0. The third-order valence-electron chi connectivity index (χ3n) is 9.63. The zero-order chi connectivity index (χ0) is 33.8. The van der Waals surface area contributed by atoms with E-state index in [1.54, 1.807) is 0 Å². The number of aromatic nitrogens is 2. The Morgan fingerprint density at radius 2 is 0.960 bits per heavy atom. The molecule has 0 aliphatic heterocycles. The van der Waals surface area contributed by atoms with Crippen LogP contribution < -0.4 is 0 Å². The number of nitriles is 3. The van der Waals surface area contributed by atoms with Crippen LogP contribution in [-0.4, -0.2) is 9.13 Å². The fraction of sp³-hybridized carbons (Fsp3) is 0. The molecule has 230 valence electrons. The Kier molecular flexibility index (Phi) is 6.56. The molecule has 0 aliphatic rings. The van der Waals surface area contributed by atoms with Crippen LogP contribution in [0.3, 0.4) is 0 Å². The lowest BCUT2D eigenvalue weighted by Crippen LogP contribution is -2.01. The van der Waals surface area contributed by atoms with Crippen LogP contribution >= 0.6 is 0 Å². The molecule has 9 aromatic rings. The molecule has 0 atom stereocenters. The summed E-state index contributed by atoms with van der Waals surface area (Å²) in [5.74, 6) is 0. The second kappa shape index (κ2) is 11.4. The number of para-hydroxylation sites is 4. The predicted molar refractivity (Wildman–Crippen MR) is 200 cm³/mol. The summed E-state index contributed by atoms with van der Waals surface area (Å²) in [6, 6.07) is 57.7. The topological polar surface area (TPSA) is 81.2 Å². The van der Waals surface area contributed by atoms with E-state index in [-0.39, 0.29) is 0 Å². The molecule has 0 aliphatic carbocycles. The largest absolute Gasteiger partial charge is 0.309 e. The van der Waals surface area contributed by atoms with Crippen molar-refractivity contribution in [2.45, 2.75) is 0 Å². The Bertz CT molecular complexity index is 2920. The highest BCUT2D eigenvalue weighted by Crippen LogP contribution is 2.40. The van der Waals surface area contributed by atoms with Crippen molar-refractivity contribution in [2.75, 3.05) is 0 Å². The van der Waals surface area contributed by atoms with Crippen LogP contribution in [0.25, 0.3) is 77.2 Å². The molecule has 0 fully saturated rings.